The molecule has 0 saturated carbocycles. The van der Waals surface area contributed by atoms with Gasteiger partial charge in [0.2, 0.25) is 5.78 Å². The molecule has 5 aromatic rings. The third kappa shape index (κ3) is 3.09. The van der Waals surface area contributed by atoms with Crippen molar-refractivity contribution in [2.75, 3.05) is 0 Å². The molecule has 5 rings (SSSR count). The predicted molar refractivity (Wildman–Crippen MR) is 121 cm³/mol. The van der Waals surface area contributed by atoms with Crippen molar-refractivity contribution in [1.29, 1.82) is 0 Å². The number of imidazole rings is 1. The van der Waals surface area contributed by atoms with E-state index in [-0.39, 0.29) is 6.04 Å². The van der Waals surface area contributed by atoms with E-state index in [0.29, 0.717) is 29.4 Å². The molecule has 0 bridgehead atoms. The zero-order valence-electron chi connectivity index (χ0n) is 17.9. The minimum absolute atomic E-state index is 0.0561. The van der Waals surface area contributed by atoms with Gasteiger partial charge in [-0.2, -0.15) is 0 Å². The maximum atomic E-state index is 12.7. The number of fused-ring (bicyclic) bond motifs is 3. The van der Waals surface area contributed by atoms with Crippen LogP contribution in [0.3, 0.4) is 0 Å². The fraction of sp³-hybridized carbons (Fsp3) is 0.217. The van der Waals surface area contributed by atoms with E-state index in [1.54, 1.807) is 16.0 Å². The summed E-state index contributed by atoms with van der Waals surface area (Å²) in [5.74, 6) is 1.77. The molecule has 0 fully saturated rings. The highest BCUT2D eigenvalue weighted by Gasteiger charge is 2.24. The summed E-state index contributed by atoms with van der Waals surface area (Å²) in [6.45, 7) is 4.39. The van der Waals surface area contributed by atoms with Gasteiger partial charge in [-0.3, -0.25) is 18.9 Å². The lowest BCUT2D eigenvalue weighted by atomic mass is 10.2. The standard InChI is InChI=1S/C23H22N6O3/c1-14(2)28-18-20(30)24-23(31)27(3)21(18)29-19(25-26-22(28)29)16-9-11-17(12-10-16)32-13-15-7-5-4-6-8-15/h4-12,14H,13H2,1-3H3,(H,24,30,31). The largest absolute Gasteiger partial charge is 0.489 e. The van der Waals surface area contributed by atoms with Gasteiger partial charge in [0.25, 0.3) is 5.56 Å². The second-order valence-corrected chi connectivity index (χ2v) is 7.91. The molecule has 0 amide bonds. The van der Waals surface area contributed by atoms with Crippen molar-refractivity contribution in [1.82, 2.24) is 28.7 Å². The molecule has 3 heterocycles. The average molecular weight is 430 g/mol. The van der Waals surface area contributed by atoms with Gasteiger partial charge in [-0.15, -0.1) is 10.2 Å². The average Bonchev–Trinajstić information content (AvgIpc) is 3.35. The second kappa shape index (κ2) is 7.52. The molecule has 0 aliphatic heterocycles. The van der Waals surface area contributed by atoms with Crippen LogP contribution in [0.2, 0.25) is 0 Å². The van der Waals surface area contributed by atoms with E-state index in [4.69, 9.17) is 4.74 Å². The summed E-state index contributed by atoms with van der Waals surface area (Å²) in [5.41, 5.74) is 1.78. The second-order valence-electron chi connectivity index (χ2n) is 7.91. The summed E-state index contributed by atoms with van der Waals surface area (Å²) in [6, 6.07) is 17.4. The number of H-pyrrole nitrogens is 1. The normalized spacial score (nSPS) is 11.6. The minimum Gasteiger partial charge on any atom is -0.489 e. The molecular weight excluding hydrogens is 408 g/mol. The summed E-state index contributed by atoms with van der Waals surface area (Å²) >= 11 is 0. The number of nitrogens with zero attached hydrogens (tertiary/aromatic N) is 5. The number of ether oxygens (including phenoxy) is 1. The third-order valence-corrected chi connectivity index (χ3v) is 5.46. The van der Waals surface area contributed by atoms with Gasteiger partial charge in [0.05, 0.1) is 0 Å². The first-order valence-corrected chi connectivity index (χ1v) is 10.3. The SMILES string of the molecule is CC(C)n1c2c(=O)[nH]c(=O)n(C)c2n2c(-c3ccc(OCc4ccccc4)cc3)nnc12. The van der Waals surface area contributed by atoms with Crippen LogP contribution < -0.4 is 16.0 Å². The highest BCUT2D eigenvalue weighted by atomic mass is 16.5. The summed E-state index contributed by atoms with van der Waals surface area (Å²) in [4.78, 5) is 27.3. The smallest absolute Gasteiger partial charge is 0.329 e. The molecule has 1 N–H and O–H groups in total. The Morgan fingerprint density at radius 2 is 1.72 bits per heavy atom. The predicted octanol–water partition coefficient (Wildman–Crippen LogP) is 2.90. The lowest BCUT2D eigenvalue weighted by Crippen LogP contribution is -2.29. The molecule has 9 heteroatoms. The first kappa shape index (κ1) is 19.8. The molecule has 0 saturated heterocycles. The molecule has 0 atom stereocenters. The maximum absolute atomic E-state index is 12.7. The summed E-state index contributed by atoms with van der Waals surface area (Å²) in [6.07, 6.45) is 0. The van der Waals surface area contributed by atoms with E-state index in [1.807, 2.05) is 68.4 Å². The van der Waals surface area contributed by atoms with Crippen LogP contribution in [-0.4, -0.2) is 28.7 Å². The van der Waals surface area contributed by atoms with Gasteiger partial charge in [-0.1, -0.05) is 30.3 Å². The van der Waals surface area contributed by atoms with Crippen LogP contribution in [0.4, 0.5) is 0 Å². The number of aromatic nitrogens is 6. The Kier molecular flexibility index (Phi) is 4.66. The van der Waals surface area contributed by atoms with Gasteiger partial charge in [0.1, 0.15) is 12.4 Å². The van der Waals surface area contributed by atoms with Crippen LogP contribution in [0.5, 0.6) is 5.75 Å². The monoisotopic (exact) mass is 430 g/mol. The van der Waals surface area contributed by atoms with Crippen molar-refractivity contribution < 1.29 is 4.74 Å². The van der Waals surface area contributed by atoms with E-state index < -0.39 is 11.2 Å². The van der Waals surface area contributed by atoms with Crippen molar-refractivity contribution in [2.45, 2.75) is 26.5 Å². The van der Waals surface area contributed by atoms with E-state index >= 15 is 0 Å². The molecule has 0 unspecified atom stereocenters. The Morgan fingerprint density at radius 3 is 2.41 bits per heavy atom. The van der Waals surface area contributed by atoms with Crippen molar-refractivity contribution in [3.63, 3.8) is 0 Å². The quantitative estimate of drug-likeness (QED) is 0.462. The van der Waals surface area contributed by atoms with Gasteiger partial charge in [0.15, 0.2) is 17.0 Å². The molecule has 2 aromatic carbocycles. The van der Waals surface area contributed by atoms with E-state index in [2.05, 4.69) is 15.2 Å². The van der Waals surface area contributed by atoms with Gasteiger partial charge < -0.3 is 4.74 Å². The number of nitrogens with one attached hydrogen (secondary N) is 1. The summed E-state index contributed by atoms with van der Waals surface area (Å²) < 4.78 is 10.8. The van der Waals surface area contributed by atoms with Crippen LogP contribution in [-0.2, 0) is 13.7 Å². The zero-order chi connectivity index (χ0) is 22.4. The molecule has 9 nitrogen and oxygen atoms in total. The number of benzene rings is 2. The highest BCUT2D eigenvalue weighted by molar-refractivity contribution is 5.80. The lowest BCUT2D eigenvalue weighted by molar-refractivity contribution is 0.306. The van der Waals surface area contributed by atoms with Gasteiger partial charge in [0, 0.05) is 18.7 Å². The highest BCUT2D eigenvalue weighted by Crippen LogP contribution is 2.27. The molecule has 0 aliphatic carbocycles. The number of aromatic amines is 1. The fourth-order valence-electron chi connectivity index (χ4n) is 3.91. The number of hydrogen-bond donors (Lipinski definition) is 1. The van der Waals surface area contributed by atoms with E-state index in [0.717, 1.165) is 16.9 Å². The van der Waals surface area contributed by atoms with E-state index in [9.17, 15) is 9.59 Å². The molecule has 0 spiro atoms. The fourth-order valence-corrected chi connectivity index (χ4v) is 3.91. The van der Waals surface area contributed by atoms with Crippen molar-refractivity contribution in [2.24, 2.45) is 7.05 Å². The molecule has 3 aromatic heterocycles. The van der Waals surface area contributed by atoms with Gasteiger partial charge in [-0.05, 0) is 43.7 Å². The van der Waals surface area contributed by atoms with Gasteiger partial charge in [-0.25, -0.2) is 9.20 Å². The topological polar surface area (TPSA) is 99.2 Å². The zero-order valence-corrected chi connectivity index (χ0v) is 17.9. The maximum Gasteiger partial charge on any atom is 0.329 e. The molecule has 0 radical (unpaired) electrons. The van der Waals surface area contributed by atoms with Crippen LogP contribution in [0.15, 0.2) is 64.2 Å². The van der Waals surface area contributed by atoms with E-state index in [1.165, 1.54) is 4.57 Å². The third-order valence-electron chi connectivity index (χ3n) is 5.46. The number of hydrogen-bond acceptors (Lipinski definition) is 5. The molecule has 32 heavy (non-hydrogen) atoms. The van der Waals surface area contributed by atoms with Gasteiger partial charge >= 0.3 is 5.69 Å². The number of rotatable bonds is 5. The van der Waals surface area contributed by atoms with Crippen molar-refractivity contribution in [3.8, 4) is 17.1 Å². The Bertz CT molecular complexity index is 1540. The Labute approximate surface area is 182 Å². The molecular formula is C23H22N6O3. The Hall–Kier alpha value is -4.14. The summed E-state index contributed by atoms with van der Waals surface area (Å²) in [5, 5.41) is 8.71. The van der Waals surface area contributed by atoms with Crippen LogP contribution in [0.25, 0.3) is 28.3 Å². The number of aryl methyl sites for hydroxylation is 1. The van der Waals surface area contributed by atoms with Crippen LogP contribution in [0.1, 0.15) is 25.5 Å². The van der Waals surface area contributed by atoms with Crippen molar-refractivity contribution >= 4 is 16.9 Å². The summed E-state index contributed by atoms with van der Waals surface area (Å²) in [7, 11) is 1.62. The van der Waals surface area contributed by atoms with Crippen LogP contribution >= 0.6 is 0 Å². The lowest BCUT2D eigenvalue weighted by Gasteiger charge is -2.07. The first-order chi connectivity index (χ1) is 15.5. The molecule has 0 aliphatic rings. The first-order valence-electron chi connectivity index (χ1n) is 10.3. The van der Waals surface area contributed by atoms with Crippen molar-refractivity contribution in [3.05, 3.63) is 81.0 Å². The Balaban J connectivity index is 1.61. The van der Waals surface area contributed by atoms with Crippen LogP contribution in [0, 0.1) is 0 Å². The minimum atomic E-state index is -0.491. The Morgan fingerprint density at radius 1 is 1.00 bits per heavy atom. The molecule has 162 valence electrons.